The molecule has 1 atom stereocenters. The summed E-state index contributed by atoms with van der Waals surface area (Å²) in [6, 6.07) is 9.48. The van der Waals surface area contributed by atoms with E-state index >= 15 is 0 Å². The quantitative estimate of drug-likeness (QED) is 0.402. The lowest BCUT2D eigenvalue weighted by Gasteiger charge is -2.36. The second-order valence-electron chi connectivity index (χ2n) is 7.67. The van der Waals surface area contributed by atoms with E-state index < -0.39 is 0 Å². The van der Waals surface area contributed by atoms with E-state index in [2.05, 4.69) is 20.3 Å². The summed E-state index contributed by atoms with van der Waals surface area (Å²) in [5.41, 5.74) is 9.66. The Morgan fingerprint density at radius 1 is 1.14 bits per heavy atom. The fraction of sp³-hybridized carbons (Fsp3) is 0.524. The molecule has 154 valence electrons. The summed E-state index contributed by atoms with van der Waals surface area (Å²) >= 11 is 0. The van der Waals surface area contributed by atoms with Crippen molar-refractivity contribution >= 4 is 28.8 Å². The number of nitrogens with two attached hydrogens (primary N) is 1. The second-order valence-corrected chi connectivity index (χ2v) is 7.67. The van der Waals surface area contributed by atoms with Gasteiger partial charge in [-0.1, -0.05) is 12.8 Å². The topological polar surface area (TPSA) is 122 Å². The molecule has 0 aliphatic carbocycles. The fourth-order valence-corrected chi connectivity index (χ4v) is 3.98. The zero-order valence-corrected chi connectivity index (χ0v) is 16.7. The monoisotopic (exact) mass is 395 g/mol. The molecule has 8 heteroatoms. The summed E-state index contributed by atoms with van der Waals surface area (Å²) in [4.78, 5) is 17.3. The molecule has 0 saturated carbocycles. The molecule has 2 saturated heterocycles. The van der Waals surface area contributed by atoms with Crippen molar-refractivity contribution in [1.82, 2.24) is 4.90 Å². The van der Waals surface area contributed by atoms with Crippen LogP contribution in [0.25, 0.3) is 0 Å². The van der Waals surface area contributed by atoms with Gasteiger partial charge in [-0.2, -0.15) is 10.4 Å². The van der Waals surface area contributed by atoms with Crippen LogP contribution in [-0.4, -0.2) is 48.5 Å². The Bertz CT molecular complexity index is 788. The minimum absolute atomic E-state index is 0.0676. The Labute approximate surface area is 171 Å². The number of benzene rings is 1. The summed E-state index contributed by atoms with van der Waals surface area (Å²) in [6.07, 6.45) is 6.67. The molecule has 1 amide bonds. The van der Waals surface area contributed by atoms with E-state index in [0.29, 0.717) is 11.6 Å². The molecule has 2 heterocycles. The fourth-order valence-electron chi connectivity index (χ4n) is 3.98. The van der Waals surface area contributed by atoms with Crippen LogP contribution in [0.2, 0.25) is 0 Å². The van der Waals surface area contributed by atoms with Gasteiger partial charge in [-0.25, -0.2) is 0 Å². The van der Waals surface area contributed by atoms with E-state index in [4.69, 9.17) is 16.4 Å². The summed E-state index contributed by atoms with van der Waals surface area (Å²) in [6.45, 7) is 3.50. The second kappa shape index (κ2) is 9.92. The van der Waals surface area contributed by atoms with Crippen LogP contribution in [0.15, 0.2) is 29.4 Å². The van der Waals surface area contributed by atoms with Gasteiger partial charge in [0.25, 0.3) is 0 Å². The molecule has 1 aromatic carbocycles. The molecule has 8 nitrogen and oxygen atoms in total. The van der Waals surface area contributed by atoms with E-state index in [1.54, 1.807) is 6.07 Å². The third kappa shape index (κ3) is 5.47. The van der Waals surface area contributed by atoms with Gasteiger partial charge in [-0.3, -0.25) is 15.6 Å². The highest BCUT2D eigenvalue weighted by Gasteiger charge is 2.29. The SMILES string of the molecule is N#C/C(=N\Nc1ccc(N2CCCC(C(=O)N3CCCCCC3)C2)cc1)C(=N)N. The first-order chi connectivity index (χ1) is 14.1. The maximum absolute atomic E-state index is 13.0. The number of likely N-dealkylation sites (tertiary alicyclic amines) is 1. The van der Waals surface area contributed by atoms with Gasteiger partial charge in [0.05, 0.1) is 11.6 Å². The molecule has 1 unspecified atom stereocenters. The van der Waals surface area contributed by atoms with Crippen molar-refractivity contribution in [3.05, 3.63) is 24.3 Å². The average molecular weight is 396 g/mol. The smallest absolute Gasteiger partial charge is 0.227 e. The highest BCUT2D eigenvalue weighted by molar-refractivity contribution is 6.45. The molecular weight excluding hydrogens is 366 g/mol. The van der Waals surface area contributed by atoms with Gasteiger partial charge in [0.15, 0.2) is 5.84 Å². The van der Waals surface area contributed by atoms with Crippen molar-refractivity contribution in [2.45, 2.75) is 38.5 Å². The van der Waals surface area contributed by atoms with Gasteiger partial charge < -0.3 is 15.5 Å². The maximum Gasteiger partial charge on any atom is 0.227 e. The van der Waals surface area contributed by atoms with Crippen molar-refractivity contribution < 1.29 is 4.79 Å². The molecule has 0 aromatic heterocycles. The van der Waals surface area contributed by atoms with Crippen LogP contribution in [0.5, 0.6) is 0 Å². The van der Waals surface area contributed by atoms with Crippen molar-refractivity contribution in [2.75, 3.05) is 36.5 Å². The Balaban J connectivity index is 1.61. The molecule has 1 aromatic rings. The third-order valence-electron chi connectivity index (χ3n) is 5.58. The summed E-state index contributed by atoms with van der Waals surface area (Å²) in [5.74, 6) is 0.0144. The van der Waals surface area contributed by atoms with Crippen molar-refractivity contribution in [3.8, 4) is 6.07 Å². The lowest BCUT2D eigenvalue weighted by atomic mass is 9.95. The first-order valence-electron chi connectivity index (χ1n) is 10.3. The lowest BCUT2D eigenvalue weighted by Crippen LogP contribution is -2.45. The third-order valence-corrected chi connectivity index (χ3v) is 5.58. The van der Waals surface area contributed by atoms with Gasteiger partial charge in [0, 0.05) is 31.9 Å². The molecule has 29 heavy (non-hydrogen) atoms. The van der Waals surface area contributed by atoms with E-state index in [1.165, 1.54) is 12.8 Å². The van der Waals surface area contributed by atoms with E-state index in [1.807, 2.05) is 24.3 Å². The van der Waals surface area contributed by atoms with E-state index in [0.717, 1.165) is 57.5 Å². The average Bonchev–Trinajstić information content (AvgIpc) is 3.03. The molecule has 2 fully saturated rings. The van der Waals surface area contributed by atoms with Crippen LogP contribution in [0.1, 0.15) is 38.5 Å². The van der Waals surface area contributed by atoms with Crippen molar-refractivity contribution in [2.24, 2.45) is 16.8 Å². The number of amides is 1. The number of carbonyl (C=O) groups excluding carboxylic acids is 1. The minimum atomic E-state index is -0.370. The molecule has 2 aliphatic heterocycles. The van der Waals surface area contributed by atoms with Gasteiger partial charge in [0.2, 0.25) is 11.6 Å². The van der Waals surface area contributed by atoms with Crippen LogP contribution in [0.4, 0.5) is 11.4 Å². The van der Waals surface area contributed by atoms with E-state index in [-0.39, 0.29) is 17.5 Å². The number of carbonyl (C=O) groups is 1. The predicted octanol–water partition coefficient (Wildman–Crippen LogP) is 2.53. The first-order valence-corrected chi connectivity index (χ1v) is 10.3. The number of piperidine rings is 1. The predicted molar refractivity (Wildman–Crippen MR) is 115 cm³/mol. The normalized spacial score (nSPS) is 20.5. The van der Waals surface area contributed by atoms with Crippen molar-refractivity contribution in [1.29, 1.82) is 10.7 Å². The lowest BCUT2D eigenvalue weighted by molar-refractivity contribution is -0.135. The molecule has 0 bridgehead atoms. The summed E-state index contributed by atoms with van der Waals surface area (Å²) in [5, 5.41) is 20.0. The maximum atomic E-state index is 13.0. The Kier molecular flexibility index (Phi) is 7.06. The first kappa shape index (κ1) is 20.6. The van der Waals surface area contributed by atoms with E-state index in [9.17, 15) is 4.79 Å². The highest BCUT2D eigenvalue weighted by Crippen LogP contribution is 2.26. The van der Waals surface area contributed by atoms with Crippen LogP contribution >= 0.6 is 0 Å². The van der Waals surface area contributed by atoms with Gasteiger partial charge in [-0.05, 0) is 49.9 Å². The molecule has 0 radical (unpaired) electrons. The van der Waals surface area contributed by atoms with Gasteiger partial charge in [-0.15, -0.1) is 0 Å². The molecule has 2 aliphatic rings. The number of anilines is 2. The number of nitrogens with one attached hydrogen (secondary N) is 2. The largest absolute Gasteiger partial charge is 0.382 e. The van der Waals surface area contributed by atoms with Crippen LogP contribution < -0.4 is 16.1 Å². The number of hydrogen-bond donors (Lipinski definition) is 3. The summed E-state index contributed by atoms with van der Waals surface area (Å²) in [7, 11) is 0. The summed E-state index contributed by atoms with van der Waals surface area (Å²) < 4.78 is 0. The zero-order valence-electron chi connectivity index (χ0n) is 16.7. The molecule has 0 spiro atoms. The highest BCUT2D eigenvalue weighted by atomic mass is 16.2. The van der Waals surface area contributed by atoms with Crippen LogP contribution in [0, 0.1) is 22.7 Å². The Morgan fingerprint density at radius 3 is 2.45 bits per heavy atom. The number of nitrogens with zero attached hydrogens (tertiary/aromatic N) is 4. The molecule has 4 N–H and O–H groups in total. The number of amidine groups is 1. The minimum Gasteiger partial charge on any atom is -0.382 e. The number of nitriles is 1. The molecular formula is C21H29N7O. The van der Waals surface area contributed by atoms with Crippen LogP contribution in [-0.2, 0) is 4.79 Å². The number of hydrazone groups is 1. The zero-order chi connectivity index (χ0) is 20.6. The Morgan fingerprint density at radius 2 is 1.83 bits per heavy atom. The van der Waals surface area contributed by atoms with Crippen molar-refractivity contribution in [3.63, 3.8) is 0 Å². The van der Waals surface area contributed by atoms with Gasteiger partial charge >= 0.3 is 0 Å². The number of rotatable bonds is 5. The Hall–Kier alpha value is -3.08. The number of hydrogen-bond acceptors (Lipinski definition) is 6. The molecule has 3 rings (SSSR count). The standard InChI is InChI=1S/C21H29N7O/c22-14-19(20(23)24)26-25-17-7-9-18(10-8-17)28-13-5-6-16(15-28)21(29)27-11-3-1-2-4-12-27/h7-10,16,25H,1-6,11-13,15H2,(H3,23,24)/b26-19+. The van der Waals surface area contributed by atoms with Crippen LogP contribution in [0.3, 0.4) is 0 Å². The van der Waals surface area contributed by atoms with Gasteiger partial charge in [0.1, 0.15) is 6.07 Å².